The number of carbonyl (C=O) groups excluding carboxylic acids is 1. The standard InChI is InChI=1S/C18H17N3O6/c1-21-15-14(16(22)20-18(21)24)12(13-10(19-15)7-27-17(13)23)9-6-8(25-2)4-5-11(9)26-3/h4-6,12,19H,7H2,1-3H3,(H,20,22,24). The maximum Gasteiger partial charge on any atom is 0.337 e. The van der Waals surface area contributed by atoms with Gasteiger partial charge in [-0.3, -0.25) is 14.3 Å². The van der Waals surface area contributed by atoms with Gasteiger partial charge in [0.15, 0.2) is 0 Å². The molecule has 0 aliphatic carbocycles. The fraction of sp³-hybridized carbons (Fsp3) is 0.278. The molecule has 2 N–H and O–H groups in total. The largest absolute Gasteiger partial charge is 0.497 e. The number of aromatic amines is 1. The SMILES string of the molecule is COc1ccc(OC)c(C2C3=C(COC3=O)Nc3c2c(=O)[nH]c(=O)n3C)c1. The van der Waals surface area contributed by atoms with Crippen molar-refractivity contribution in [2.75, 3.05) is 26.1 Å². The topological polar surface area (TPSA) is 112 Å². The highest BCUT2D eigenvalue weighted by molar-refractivity contribution is 5.97. The number of carbonyl (C=O) groups is 1. The molecule has 2 aliphatic rings. The van der Waals surface area contributed by atoms with E-state index in [2.05, 4.69) is 10.3 Å². The van der Waals surface area contributed by atoms with E-state index in [1.807, 2.05) is 0 Å². The normalized spacial score (nSPS) is 17.7. The highest BCUT2D eigenvalue weighted by atomic mass is 16.5. The summed E-state index contributed by atoms with van der Waals surface area (Å²) in [6, 6.07) is 5.13. The van der Waals surface area contributed by atoms with Crippen LogP contribution in [0, 0.1) is 0 Å². The molecule has 3 heterocycles. The van der Waals surface area contributed by atoms with Gasteiger partial charge in [-0.2, -0.15) is 0 Å². The van der Waals surface area contributed by atoms with Crippen molar-refractivity contribution in [3.05, 3.63) is 61.4 Å². The van der Waals surface area contributed by atoms with Crippen LogP contribution in [0.5, 0.6) is 11.5 Å². The Bertz CT molecular complexity index is 1110. The molecular weight excluding hydrogens is 354 g/mol. The number of fused-ring (bicyclic) bond motifs is 1. The minimum absolute atomic E-state index is 0.0391. The van der Waals surface area contributed by atoms with Gasteiger partial charge in [-0.1, -0.05) is 0 Å². The highest BCUT2D eigenvalue weighted by Gasteiger charge is 2.42. The summed E-state index contributed by atoms with van der Waals surface area (Å²) in [6.07, 6.45) is 0. The molecule has 1 aromatic heterocycles. The summed E-state index contributed by atoms with van der Waals surface area (Å²) in [4.78, 5) is 39.5. The van der Waals surface area contributed by atoms with Gasteiger partial charge in [0.2, 0.25) is 0 Å². The Labute approximate surface area is 153 Å². The van der Waals surface area contributed by atoms with Crippen molar-refractivity contribution >= 4 is 11.8 Å². The molecule has 0 spiro atoms. The average Bonchev–Trinajstić information content (AvgIpc) is 3.05. The highest BCUT2D eigenvalue weighted by Crippen LogP contribution is 2.45. The fourth-order valence-corrected chi connectivity index (χ4v) is 3.53. The van der Waals surface area contributed by atoms with Crippen molar-refractivity contribution in [2.45, 2.75) is 5.92 Å². The Morgan fingerprint density at radius 3 is 2.67 bits per heavy atom. The van der Waals surface area contributed by atoms with Crippen molar-refractivity contribution in [1.82, 2.24) is 9.55 Å². The van der Waals surface area contributed by atoms with Gasteiger partial charge in [-0.05, 0) is 18.2 Å². The van der Waals surface area contributed by atoms with Crippen LogP contribution in [-0.4, -0.2) is 36.3 Å². The predicted molar refractivity (Wildman–Crippen MR) is 95.3 cm³/mol. The van der Waals surface area contributed by atoms with Gasteiger partial charge in [0, 0.05) is 12.6 Å². The first-order chi connectivity index (χ1) is 13.0. The number of benzene rings is 1. The molecule has 9 nitrogen and oxygen atoms in total. The van der Waals surface area contributed by atoms with E-state index in [9.17, 15) is 14.4 Å². The van der Waals surface area contributed by atoms with Crippen LogP contribution in [0.15, 0.2) is 39.1 Å². The number of methoxy groups -OCH3 is 2. The quantitative estimate of drug-likeness (QED) is 0.754. The third-order valence-electron chi connectivity index (χ3n) is 4.85. The monoisotopic (exact) mass is 371 g/mol. The summed E-state index contributed by atoms with van der Waals surface area (Å²) in [5, 5.41) is 3.01. The van der Waals surface area contributed by atoms with E-state index in [1.165, 1.54) is 25.8 Å². The van der Waals surface area contributed by atoms with E-state index < -0.39 is 23.1 Å². The van der Waals surface area contributed by atoms with E-state index >= 15 is 0 Å². The number of ether oxygens (including phenoxy) is 3. The Morgan fingerprint density at radius 2 is 1.96 bits per heavy atom. The summed E-state index contributed by atoms with van der Waals surface area (Å²) in [7, 11) is 4.56. The molecule has 2 aliphatic heterocycles. The van der Waals surface area contributed by atoms with Crippen LogP contribution < -0.4 is 26.0 Å². The van der Waals surface area contributed by atoms with Crippen LogP contribution >= 0.6 is 0 Å². The third kappa shape index (κ3) is 2.42. The number of cyclic esters (lactones) is 1. The van der Waals surface area contributed by atoms with E-state index in [0.29, 0.717) is 34.2 Å². The Hall–Kier alpha value is -3.49. The zero-order valence-electron chi connectivity index (χ0n) is 14.9. The van der Waals surface area contributed by atoms with Crippen molar-refractivity contribution in [1.29, 1.82) is 0 Å². The van der Waals surface area contributed by atoms with Gasteiger partial charge in [-0.15, -0.1) is 0 Å². The number of esters is 1. The lowest BCUT2D eigenvalue weighted by molar-refractivity contribution is -0.136. The molecule has 1 aromatic carbocycles. The van der Waals surface area contributed by atoms with E-state index in [4.69, 9.17) is 14.2 Å². The molecule has 0 saturated heterocycles. The minimum Gasteiger partial charge on any atom is -0.497 e. The van der Waals surface area contributed by atoms with Gasteiger partial charge in [0.05, 0.1) is 37.0 Å². The van der Waals surface area contributed by atoms with Gasteiger partial charge in [0.1, 0.15) is 23.9 Å². The molecule has 140 valence electrons. The van der Waals surface area contributed by atoms with Gasteiger partial charge in [-0.25, -0.2) is 9.59 Å². The summed E-state index contributed by atoms with van der Waals surface area (Å²) < 4.78 is 17.2. The number of rotatable bonds is 3. The molecule has 1 unspecified atom stereocenters. The summed E-state index contributed by atoms with van der Waals surface area (Å²) in [5.74, 6) is 0.0443. The molecular formula is C18H17N3O6. The Morgan fingerprint density at radius 1 is 1.19 bits per heavy atom. The number of hydrogen-bond acceptors (Lipinski definition) is 7. The maximum absolute atomic E-state index is 12.7. The number of nitrogens with one attached hydrogen (secondary N) is 2. The second-order valence-corrected chi connectivity index (χ2v) is 6.21. The van der Waals surface area contributed by atoms with E-state index in [1.54, 1.807) is 18.2 Å². The number of anilines is 1. The first kappa shape index (κ1) is 17.0. The van der Waals surface area contributed by atoms with Gasteiger partial charge < -0.3 is 19.5 Å². The summed E-state index contributed by atoms with van der Waals surface area (Å²) >= 11 is 0. The first-order valence-electron chi connectivity index (χ1n) is 8.18. The second kappa shape index (κ2) is 6.04. The molecule has 0 radical (unpaired) electrons. The smallest absolute Gasteiger partial charge is 0.337 e. The summed E-state index contributed by atoms with van der Waals surface area (Å²) in [5.41, 5.74) is 0.496. The Balaban J connectivity index is 2.08. The maximum atomic E-state index is 12.7. The molecule has 2 aromatic rings. The van der Waals surface area contributed by atoms with Crippen LogP contribution in [0.25, 0.3) is 0 Å². The molecule has 0 fully saturated rings. The van der Waals surface area contributed by atoms with Crippen LogP contribution in [-0.2, 0) is 16.6 Å². The zero-order chi connectivity index (χ0) is 19.3. The van der Waals surface area contributed by atoms with Gasteiger partial charge in [0.25, 0.3) is 5.56 Å². The zero-order valence-corrected chi connectivity index (χ0v) is 14.9. The molecule has 0 bridgehead atoms. The molecule has 1 atom stereocenters. The van der Waals surface area contributed by atoms with Crippen molar-refractivity contribution in [2.24, 2.45) is 7.05 Å². The molecule has 9 heteroatoms. The van der Waals surface area contributed by atoms with Gasteiger partial charge >= 0.3 is 11.7 Å². The molecule has 0 saturated carbocycles. The van der Waals surface area contributed by atoms with Crippen molar-refractivity contribution < 1.29 is 19.0 Å². The minimum atomic E-state index is -0.771. The first-order valence-corrected chi connectivity index (χ1v) is 8.18. The van der Waals surface area contributed by atoms with Crippen molar-refractivity contribution in [3.63, 3.8) is 0 Å². The lowest BCUT2D eigenvalue weighted by atomic mass is 9.82. The lowest BCUT2D eigenvalue weighted by Gasteiger charge is -2.28. The summed E-state index contributed by atoms with van der Waals surface area (Å²) in [6.45, 7) is 0.0391. The van der Waals surface area contributed by atoms with E-state index in [0.717, 1.165) is 0 Å². The van der Waals surface area contributed by atoms with Crippen LogP contribution in [0.4, 0.5) is 5.82 Å². The molecule has 27 heavy (non-hydrogen) atoms. The average molecular weight is 371 g/mol. The number of hydrogen-bond donors (Lipinski definition) is 2. The molecule has 0 amide bonds. The van der Waals surface area contributed by atoms with Crippen molar-refractivity contribution in [3.8, 4) is 11.5 Å². The predicted octanol–water partition coefficient (Wildman–Crippen LogP) is 0.459. The van der Waals surface area contributed by atoms with Crippen LogP contribution in [0.2, 0.25) is 0 Å². The fourth-order valence-electron chi connectivity index (χ4n) is 3.53. The third-order valence-corrected chi connectivity index (χ3v) is 4.85. The van der Waals surface area contributed by atoms with Crippen LogP contribution in [0.3, 0.4) is 0 Å². The molecule has 4 rings (SSSR count). The number of aromatic nitrogens is 2. The van der Waals surface area contributed by atoms with E-state index in [-0.39, 0.29) is 12.2 Å². The second-order valence-electron chi connectivity index (χ2n) is 6.21. The number of H-pyrrole nitrogens is 1. The Kier molecular flexibility index (Phi) is 3.79. The lowest BCUT2D eigenvalue weighted by Crippen LogP contribution is -2.37. The number of nitrogens with zero attached hydrogens (tertiary/aromatic N) is 1. The van der Waals surface area contributed by atoms with Crippen LogP contribution in [0.1, 0.15) is 17.0 Å².